The Hall–Kier alpha value is -2.27. The van der Waals surface area contributed by atoms with Gasteiger partial charge in [-0.15, -0.1) is 0 Å². The molecule has 7 nitrogen and oxygen atoms in total. The van der Waals surface area contributed by atoms with Gasteiger partial charge in [0, 0.05) is 19.0 Å². The summed E-state index contributed by atoms with van der Waals surface area (Å²) >= 11 is 0. The highest BCUT2D eigenvalue weighted by atomic mass is 31.2. The van der Waals surface area contributed by atoms with Crippen LogP contribution in [0.2, 0.25) is 0 Å². The summed E-state index contributed by atoms with van der Waals surface area (Å²) in [5.41, 5.74) is -2.69. The van der Waals surface area contributed by atoms with Crippen LogP contribution >= 0.6 is 7.14 Å². The first kappa shape index (κ1) is 24.0. The average molecular weight is 434 g/mol. The molecule has 0 amide bonds. The molecule has 0 spiro atoms. The fraction of sp³-hybridized carbons (Fsp3) is 0.545. The Morgan fingerprint density at radius 1 is 0.933 bits per heavy atom. The summed E-state index contributed by atoms with van der Waals surface area (Å²) < 4.78 is 13.9. The van der Waals surface area contributed by atoms with Crippen molar-refractivity contribution in [1.82, 2.24) is 0 Å². The molecule has 2 rings (SSSR count). The zero-order valence-corrected chi connectivity index (χ0v) is 18.6. The lowest BCUT2D eigenvalue weighted by atomic mass is 9.86. The highest BCUT2D eigenvalue weighted by molar-refractivity contribution is 7.94. The van der Waals surface area contributed by atoms with Crippen LogP contribution in [-0.4, -0.2) is 40.3 Å². The lowest BCUT2D eigenvalue weighted by Gasteiger charge is -2.29. The van der Waals surface area contributed by atoms with Gasteiger partial charge in [0.1, 0.15) is 11.8 Å². The van der Waals surface area contributed by atoms with Gasteiger partial charge in [0.2, 0.25) is 18.2 Å². The Labute approximate surface area is 175 Å². The molecule has 162 valence electrons. The molecule has 30 heavy (non-hydrogen) atoms. The van der Waals surface area contributed by atoms with E-state index in [0.717, 1.165) is 12.2 Å². The Kier molecular flexibility index (Phi) is 7.08. The topological polar surface area (TPSA) is 119 Å². The van der Waals surface area contributed by atoms with Crippen LogP contribution in [0, 0.1) is 23.2 Å². The smallest absolute Gasteiger partial charge is 0.216 e. The molecule has 3 atom stereocenters. The van der Waals surface area contributed by atoms with Crippen molar-refractivity contribution >= 4 is 41.3 Å². The first-order chi connectivity index (χ1) is 13.8. The molecule has 0 aromatic rings. The van der Waals surface area contributed by atoms with Crippen LogP contribution in [0.5, 0.6) is 0 Å². The van der Waals surface area contributed by atoms with E-state index in [-0.39, 0.29) is 30.3 Å². The van der Waals surface area contributed by atoms with Crippen LogP contribution in [0.4, 0.5) is 0 Å². The van der Waals surface area contributed by atoms with Crippen LogP contribution < -0.4 is 0 Å². The van der Waals surface area contributed by atoms with Crippen molar-refractivity contribution in [3.8, 4) is 0 Å². The number of rotatable bonds is 7. The molecule has 0 heterocycles. The van der Waals surface area contributed by atoms with Gasteiger partial charge in [-0.2, -0.15) is 0 Å². The number of Topliss-reactive ketones (excluding diaryl/α,β-unsaturated/α-hetero) is 2. The Morgan fingerprint density at radius 3 is 1.67 bits per heavy atom. The van der Waals surface area contributed by atoms with Gasteiger partial charge in [-0.25, -0.2) is 0 Å². The molecule has 8 heteroatoms. The predicted octanol–water partition coefficient (Wildman–Crippen LogP) is 2.90. The minimum absolute atomic E-state index is 0.183. The van der Waals surface area contributed by atoms with E-state index in [9.17, 15) is 33.3 Å². The maximum Gasteiger partial charge on any atom is 0.216 e. The number of hydrogen-bond donors (Lipinski definition) is 0. The van der Waals surface area contributed by atoms with Gasteiger partial charge >= 0.3 is 0 Å². The fourth-order valence-corrected chi connectivity index (χ4v) is 7.06. The Bertz CT molecular complexity index is 856. The second-order valence-corrected chi connectivity index (χ2v) is 12.0. The Morgan fingerprint density at radius 2 is 1.33 bits per heavy atom. The van der Waals surface area contributed by atoms with Crippen molar-refractivity contribution in [1.29, 1.82) is 0 Å². The summed E-state index contributed by atoms with van der Waals surface area (Å²) in [4.78, 5) is 75.5. The summed E-state index contributed by atoms with van der Waals surface area (Å²) in [7, 11) is -4.56. The second-order valence-electron chi connectivity index (χ2n) is 9.29. The van der Waals surface area contributed by atoms with Gasteiger partial charge in [-0.05, 0) is 29.9 Å². The quantitative estimate of drug-likeness (QED) is 0.446. The van der Waals surface area contributed by atoms with Crippen molar-refractivity contribution in [3.63, 3.8) is 0 Å². The van der Waals surface area contributed by atoms with E-state index < -0.39 is 53.2 Å². The SMILES string of the molecule is CC(CC(C)(C)C)CP(=O)(C(=O)C1C(=O)C=CCC1=O)C(=O)C1C(=O)C=CCC1=O. The molecule has 0 fully saturated rings. The van der Waals surface area contributed by atoms with Crippen molar-refractivity contribution < 1.29 is 33.3 Å². The van der Waals surface area contributed by atoms with E-state index in [2.05, 4.69) is 0 Å². The van der Waals surface area contributed by atoms with E-state index in [1.54, 1.807) is 6.92 Å². The molecule has 0 radical (unpaired) electrons. The fourth-order valence-electron chi connectivity index (χ4n) is 4.10. The van der Waals surface area contributed by atoms with Crippen molar-refractivity contribution in [2.45, 2.75) is 47.0 Å². The molecular weight excluding hydrogens is 407 g/mol. The lowest BCUT2D eigenvalue weighted by Crippen LogP contribution is -2.39. The minimum Gasteiger partial charge on any atom is -0.307 e. The summed E-state index contributed by atoms with van der Waals surface area (Å²) in [5.74, 6) is -7.14. The Balaban J connectivity index is 2.50. The third-order valence-electron chi connectivity index (χ3n) is 5.15. The molecule has 3 unspecified atom stereocenters. The largest absolute Gasteiger partial charge is 0.307 e. The number of carbonyl (C=O) groups is 6. The zero-order chi connectivity index (χ0) is 22.9. The number of allylic oxidation sites excluding steroid dienone is 4. The van der Waals surface area contributed by atoms with Crippen molar-refractivity contribution in [2.24, 2.45) is 23.2 Å². The van der Waals surface area contributed by atoms with Crippen LogP contribution in [0.1, 0.15) is 47.0 Å². The van der Waals surface area contributed by atoms with Crippen LogP contribution in [0.15, 0.2) is 24.3 Å². The molecular formula is C22H27O7P. The molecule has 2 aliphatic rings. The van der Waals surface area contributed by atoms with Gasteiger partial charge < -0.3 is 4.57 Å². The predicted molar refractivity (Wildman–Crippen MR) is 110 cm³/mol. The van der Waals surface area contributed by atoms with E-state index in [1.807, 2.05) is 20.8 Å². The third kappa shape index (κ3) is 5.07. The van der Waals surface area contributed by atoms with E-state index >= 15 is 0 Å². The maximum atomic E-state index is 13.9. The molecule has 0 saturated heterocycles. The minimum atomic E-state index is -4.56. The zero-order valence-electron chi connectivity index (χ0n) is 17.7. The van der Waals surface area contributed by atoms with E-state index in [1.165, 1.54) is 12.2 Å². The van der Waals surface area contributed by atoms with Gasteiger partial charge in [0.15, 0.2) is 23.1 Å². The lowest BCUT2D eigenvalue weighted by molar-refractivity contribution is -0.136. The van der Waals surface area contributed by atoms with Gasteiger partial charge in [0.25, 0.3) is 0 Å². The highest BCUT2D eigenvalue weighted by Crippen LogP contribution is 2.55. The van der Waals surface area contributed by atoms with Gasteiger partial charge in [-0.1, -0.05) is 39.8 Å². The summed E-state index contributed by atoms with van der Waals surface area (Å²) in [5, 5.41) is 0. The summed E-state index contributed by atoms with van der Waals surface area (Å²) in [6.45, 7) is 7.54. The number of hydrogen-bond acceptors (Lipinski definition) is 7. The molecule has 2 aliphatic carbocycles. The molecule has 0 N–H and O–H groups in total. The second kappa shape index (κ2) is 8.84. The van der Waals surface area contributed by atoms with E-state index in [4.69, 9.17) is 0 Å². The summed E-state index contributed by atoms with van der Waals surface area (Å²) in [6, 6.07) is 0. The average Bonchev–Trinajstić information content (AvgIpc) is 2.59. The summed E-state index contributed by atoms with van der Waals surface area (Å²) in [6.07, 6.45) is 4.51. The molecule has 0 aromatic carbocycles. The molecule has 0 saturated carbocycles. The monoisotopic (exact) mass is 434 g/mol. The molecule has 0 aliphatic heterocycles. The van der Waals surface area contributed by atoms with Crippen molar-refractivity contribution in [3.05, 3.63) is 24.3 Å². The van der Waals surface area contributed by atoms with Crippen molar-refractivity contribution in [2.75, 3.05) is 6.16 Å². The number of carbonyl (C=O) groups excluding carboxylic acids is 6. The highest BCUT2D eigenvalue weighted by Gasteiger charge is 2.53. The number of ketones is 4. The van der Waals surface area contributed by atoms with E-state index in [0.29, 0.717) is 6.42 Å². The van der Waals surface area contributed by atoms with Crippen LogP contribution in [0.3, 0.4) is 0 Å². The standard InChI is InChI=1S/C22H27O7P/c1-13(11-22(2,3)4)12-30(29,20(27)18-14(23)7-5-8-15(18)24)21(28)19-16(25)9-6-10-17(19)26/h5-7,9,13,18-19H,8,10-12H2,1-4H3. The van der Waals surface area contributed by atoms with Crippen LogP contribution in [0.25, 0.3) is 0 Å². The first-order valence-corrected chi connectivity index (χ1v) is 11.8. The van der Waals surface area contributed by atoms with Gasteiger partial charge in [0.05, 0.1) is 0 Å². The molecule has 0 bridgehead atoms. The van der Waals surface area contributed by atoms with Gasteiger partial charge in [-0.3, -0.25) is 28.8 Å². The van der Waals surface area contributed by atoms with Crippen LogP contribution in [-0.2, 0) is 33.3 Å². The first-order valence-electron chi connectivity index (χ1n) is 9.92. The normalized spacial score (nSPS) is 25.2. The maximum absolute atomic E-state index is 13.9. The third-order valence-corrected chi connectivity index (χ3v) is 8.23. The molecule has 0 aromatic heterocycles.